The van der Waals surface area contributed by atoms with Crippen LogP contribution in [0.25, 0.3) is 10.9 Å². The summed E-state index contributed by atoms with van der Waals surface area (Å²) < 4.78 is 4.55. The molecule has 4 heteroatoms. The highest BCUT2D eigenvalue weighted by molar-refractivity contribution is 5.82. The Balaban J connectivity index is 2.04. The summed E-state index contributed by atoms with van der Waals surface area (Å²) in [4.78, 5) is 14.1. The Bertz CT molecular complexity index is 490. The average Bonchev–Trinajstić information content (AvgIpc) is 2.77. The van der Waals surface area contributed by atoms with Gasteiger partial charge in [-0.3, -0.25) is 4.79 Å². The summed E-state index contributed by atoms with van der Waals surface area (Å²) in [5, 5.41) is 4.23. The van der Waals surface area contributed by atoms with Crippen molar-refractivity contribution in [3.05, 3.63) is 36.0 Å². The van der Waals surface area contributed by atoms with Crippen molar-refractivity contribution in [2.45, 2.75) is 6.54 Å². The zero-order chi connectivity index (χ0) is 11.4. The maximum Gasteiger partial charge on any atom is 0.319 e. The zero-order valence-corrected chi connectivity index (χ0v) is 9.12. The molecule has 1 heterocycles. The van der Waals surface area contributed by atoms with E-state index < -0.39 is 0 Å². The third kappa shape index (κ3) is 2.23. The van der Waals surface area contributed by atoms with Gasteiger partial charge >= 0.3 is 5.97 Å². The lowest BCUT2D eigenvalue weighted by Crippen LogP contribution is -2.23. The standard InChI is InChI=1S/C12H14N2O2/c1-16-12(15)8-13-7-9-3-2-4-11-10(9)5-6-14-11/h2-6,13-14H,7-8H2,1H3. The Hall–Kier alpha value is -1.81. The number of fused-ring (bicyclic) bond motifs is 1. The summed E-state index contributed by atoms with van der Waals surface area (Å²) in [7, 11) is 1.39. The molecule has 1 aromatic heterocycles. The molecule has 2 rings (SSSR count). The van der Waals surface area contributed by atoms with Gasteiger partial charge in [-0.25, -0.2) is 0 Å². The second-order valence-corrected chi connectivity index (χ2v) is 3.54. The molecule has 4 nitrogen and oxygen atoms in total. The third-order valence-corrected chi connectivity index (χ3v) is 2.50. The Kier molecular flexibility index (Phi) is 3.22. The Morgan fingerprint density at radius 3 is 3.12 bits per heavy atom. The number of H-pyrrole nitrogens is 1. The molecule has 2 N–H and O–H groups in total. The highest BCUT2D eigenvalue weighted by atomic mass is 16.5. The van der Waals surface area contributed by atoms with E-state index in [0.717, 1.165) is 5.52 Å². The van der Waals surface area contributed by atoms with Gasteiger partial charge in [-0.1, -0.05) is 12.1 Å². The molecule has 0 saturated carbocycles. The highest BCUT2D eigenvalue weighted by Crippen LogP contribution is 2.16. The van der Waals surface area contributed by atoms with E-state index in [9.17, 15) is 4.79 Å². The molecule has 0 unspecified atom stereocenters. The van der Waals surface area contributed by atoms with Crippen molar-refractivity contribution in [2.75, 3.05) is 13.7 Å². The molecule has 16 heavy (non-hydrogen) atoms. The van der Waals surface area contributed by atoms with Crippen LogP contribution in [0.15, 0.2) is 30.5 Å². The first-order valence-corrected chi connectivity index (χ1v) is 5.14. The van der Waals surface area contributed by atoms with E-state index in [1.54, 1.807) is 0 Å². The second-order valence-electron chi connectivity index (χ2n) is 3.54. The number of hydrogen-bond acceptors (Lipinski definition) is 3. The molecule has 0 aliphatic heterocycles. The normalized spacial score (nSPS) is 10.6. The number of nitrogens with one attached hydrogen (secondary N) is 2. The summed E-state index contributed by atoms with van der Waals surface area (Å²) in [6.07, 6.45) is 1.91. The fraction of sp³-hybridized carbons (Fsp3) is 0.250. The number of carbonyl (C=O) groups is 1. The van der Waals surface area contributed by atoms with Crippen LogP contribution in [0.3, 0.4) is 0 Å². The number of methoxy groups -OCH3 is 1. The molecule has 1 aromatic carbocycles. The van der Waals surface area contributed by atoms with E-state index in [1.807, 2.05) is 30.5 Å². The predicted octanol–water partition coefficient (Wildman–Crippen LogP) is 1.43. The van der Waals surface area contributed by atoms with Crippen LogP contribution >= 0.6 is 0 Å². The largest absolute Gasteiger partial charge is 0.468 e. The SMILES string of the molecule is COC(=O)CNCc1cccc2[nH]ccc12. The minimum absolute atomic E-state index is 0.233. The molecule has 0 aliphatic carbocycles. The lowest BCUT2D eigenvalue weighted by atomic mass is 10.1. The summed E-state index contributed by atoms with van der Waals surface area (Å²) in [5.41, 5.74) is 2.28. The van der Waals surface area contributed by atoms with Crippen molar-refractivity contribution in [1.82, 2.24) is 10.3 Å². The third-order valence-electron chi connectivity index (χ3n) is 2.50. The van der Waals surface area contributed by atoms with Crippen LogP contribution in [0, 0.1) is 0 Å². The van der Waals surface area contributed by atoms with Crippen molar-refractivity contribution in [1.29, 1.82) is 0 Å². The lowest BCUT2D eigenvalue weighted by Gasteiger charge is -2.04. The summed E-state index contributed by atoms with van der Waals surface area (Å²) in [6.45, 7) is 0.890. The molecular formula is C12H14N2O2. The first-order valence-electron chi connectivity index (χ1n) is 5.14. The second kappa shape index (κ2) is 4.81. The predicted molar refractivity (Wildman–Crippen MR) is 62.0 cm³/mol. The minimum Gasteiger partial charge on any atom is -0.468 e. The smallest absolute Gasteiger partial charge is 0.319 e. The van der Waals surface area contributed by atoms with Crippen LogP contribution in [-0.2, 0) is 16.1 Å². The summed E-state index contributed by atoms with van der Waals surface area (Å²) in [6, 6.07) is 8.10. The molecule has 84 valence electrons. The van der Waals surface area contributed by atoms with E-state index in [2.05, 4.69) is 15.0 Å². The zero-order valence-electron chi connectivity index (χ0n) is 9.12. The molecule has 0 radical (unpaired) electrons. The number of ether oxygens (including phenoxy) is 1. The van der Waals surface area contributed by atoms with Gasteiger partial charge in [0.2, 0.25) is 0 Å². The van der Waals surface area contributed by atoms with Crippen LogP contribution < -0.4 is 5.32 Å². The quantitative estimate of drug-likeness (QED) is 0.763. The average molecular weight is 218 g/mol. The Morgan fingerprint density at radius 1 is 1.44 bits per heavy atom. The van der Waals surface area contributed by atoms with Crippen molar-refractivity contribution >= 4 is 16.9 Å². The van der Waals surface area contributed by atoms with Crippen molar-refractivity contribution in [2.24, 2.45) is 0 Å². The Morgan fingerprint density at radius 2 is 2.31 bits per heavy atom. The topological polar surface area (TPSA) is 54.1 Å². The highest BCUT2D eigenvalue weighted by Gasteiger charge is 2.02. The van der Waals surface area contributed by atoms with Crippen LogP contribution in [-0.4, -0.2) is 24.6 Å². The van der Waals surface area contributed by atoms with Crippen LogP contribution in [0.1, 0.15) is 5.56 Å². The van der Waals surface area contributed by atoms with Gasteiger partial charge < -0.3 is 15.0 Å². The first kappa shape index (κ1) is 10.7. The number of aromatic nitrogens is 1. The number of aromatic amines is 1. The van der Waals surface area contributed by atoms with Gasteiger partial charge in [0, 0.05) is 23.6 Å². The number of esters is 1. The summed E-state index contributed by atoms with van der Waals surface area (Å²) in [5.74, 6) is -0.249. The van der Waals surface area contributed by atoms with Crippen molar-refractivity contribution in [3.63, 3.8) is 0 Å². The minimum atomic E-state index is -0.249. The molecule has 0 fully saturated rings. The van der Waals surface area contributed by atoms with Gasteiger partial charge in [0.25, 0.3) is 0 Å². The van der Waals surface area contributed by atoms with Crippen molar-refractivity contribution in [3.8, 4) is 0 Å². The van der Waals surface area contributed by atoms with Crippen LogP contribution in [0.5, 0.6) is 0 Å². The molecule has 0 atom stereocenters. The molecule has 0 spiro atoms. The lowest BCUT2D eigenvalue weighted by molar-refractivity contribution is -0.139. The molecule has 0 amide bonds. The molecular weight excluding hydrogens is 204 g/mol. The number of carbonyl (C=O) groups excluding carboxylic acids is 1. The molecule has 0 aliphatic rings. The van der Waals surface area contributed by atoms with Gasteiger partial charge in [0.05, 0.1) is 13.7 Å². The van der Waals surface area contributed by atoms with E-state index in [-0.39, 0.29) is 12.5 Å². The number of rotatable bonds is 4. The molecule has 0 bridgehead atoms. The first-order chi connectivity index (χ1) is 7.81. The molecule has 0 saturated heterocycles. The fourth-order valence-electron chi connectivity index (χ4n) is 1.68. The van der Waals surface area contributed by atoms with Gasteiger partial charge in [0.1, 0.15) is 0 Å². The van der Waals surface area contributed by atoms with Gasteiger partial charge in [-0.15, -0.1) is 0 Å². The van der Waals surface area contributed by atoms with Gasteiger partial charge in [-0.05, 0) is 17.7 Å². The van der Waals surface area contributed by atoms with E-state index in [1.165, 1.54) is 18.1 Å². The van der Waals surface area contributed by atoms with E-state index in [0.29, 0.717) is 6.54 Å². The monoisotopic (exact) mass is 218 g/mol. The van der Waals surface area contributed by atoms with Crippen LogP contribution in [0.4, 0.5) is 0 Å². The van der Waals surface area contributed by atoms with Crippen molar-refractivity contribution < 1.29 is 9.53 Å². The maximum atomic E-state index is 10.9. The maximum absolute atomic E-state index is 10.9. The number of benzene rings is 1. The van der Waals surface area contributed by atoms with E-state index in [4.69, 9.17) is 0 Å². The Labute approximate surface area is 93.6 Å². The van der Waals surface area contributed by atoms with Gasteiger partial charge in [0.15, 0.2) is 0 Å². The van der Waals surface area contributed by atoms with E-state index >= 15 is 0 Å². The number of hydrogen-bond donors (Lipinski definition) is 2. The van der Waals surface area contributed by atoms with Gasteiger partial charge in [-0.2, -0.15) is 0 Å². The molecule has 2 aromatic rings. The van der Waals surface area contributed by atoms with Crippen LogP contribution in [0.2, 0.25) is 0 Å². The fourth-order valence-corrected chi connectivity index (χ4v) is 1.68. The summed E-state index contributed by atoms with van der Waals surface area (Å²) >= 11 is 0.